The first-order valence-corrected chi connectivity index (χ1v) is 7.03. The molecular formula is C15H17ClN2O. The average molecular weight is 277 g/mol. The molecule has 0 fully saturated rings. The first-order valence-electron chi connectivity index (χ1n) is 6.66. The van der Waals surface area contributed by atoms with E-state index < -0.39 is 0 Å². The third kappa shape index (κ3) is 2.02. The third-order valence-corrected chi connectivity index (χ3v) is 4.15. The Morgan fingerprint density at radius 3 is 2.79 bits per heavy atom. The summed E-state index contributed by atoms with van der Waals surface area (Å²) in [7, 11) is 1.65. The Morgan fingerprint density at radius 2 is 2.00 bits per heavy atom. The maximum absolute atomic E-state index is 6.38. The fraction of sp³-hybridized carbons (Fsp3) is 0.400. The number of nitrogens with zero attached hydrogens (tertiary/aromatic N) is 1. The number of aryl methyl sites for hydroxylation is 1. The van der Waals surface area contributed by atoms with Crippen molar-refractivity contribution in [2.75, 3.05) is 12.8 Å². The van der Waals surface area contributed by atoms with Crippen LogP contribution in [0.15, 0.2) is 12.1 Å². The number of anilines is 1. The molecule has 2 N–H and O–H groups in total. The number of halogens is 1. The Morgan fingerprint density at radius 1 is 1.21 bits per heavy atom. The molecule has 3 nitrogen and oxygen atoms in total. The molecule has 4 heteroatoms. The zero-order valence-corrected chi connectivity index (χ0v) is 11.8. The SMILES string of the molecule is COc1ccc(Cl)c2nc3c(c(N)c12)CCCCC3. The van der Waals surface area contributed by atoms with Gasteiger partial charge < -0.3 is 10.5 Å². The molecule has 0 saturated heterocycles. The Kier molecular flexibility index (Phi) is 3.23. The van der Waals surface area contributed by atoms with E-state index in [4.69, 9.17) is 27.1 Å². The van der Waals surface area contributed by atoms with E-state index in [1.807, 2.05) is 12.1 Å². The smallest absolute Gasteiger partial charge is 0.130 e. The number of nitrogen functional groups attached to an aromatic ring is 1. The second-order valence-corrected chi connectivity index (χ2v) is 5.39. The maximum Gasteiger partial charge on any atom is 0.130 e. The van der Waals surface area contributed by atoms with Crippen LogP contribution in [0.2, 0.25) is 5.02 Å². The number of pyridine rings is 1. The monoisotopic (exact) mass is 276 g/mol. The van der Waals surface area contributed by atoms with E-state index in [1.54, 1.807) is 7.11 Å². The van der Waals surface area contributed by atoms with Crippen LogP contribution in [0.3, 0.4) is 0 Å². The van der Waals surface area contributed by atoms with E-state index in [-0.39, 0.29) is 0 Å². The van der Waals surface area contributed by atoms with Crippen molar-refractivity contribution in [3.63, 3.8) is 0 Å². The second-order valence-electron chi connectivity index (χ2n) is 4.98. The van der Waals surface area contributed by atoms with Crippen molar-refractivity contribution >= 4 is 28.2 Å². The minimum absolute atomic E-state index is 0.634. The van der Waals surface area contributed by atoms with E-state index in [1.165, 1.54) is 24.8 Å². The number of hydrogen-bond donors (Lipinski definition) is 1. The van der Waals surface area contributed by atoms with Crippen molar-refractivity contribution < 1.29 is 4.74 Å². The first kappa shape index (κ1) is 12.5. The standard InChI is InChI=1S/C15H17ClN2O/c1-19-12-8-7-10(16)15-13(12)14(17)9-5-3-2-4-6-11(9)18-15/h7-8H,2-6H2,1H3,(H2,17,18). The molecular weight excluding hydrogens is 260 g/mol. The molecule has 1 heterocycles. The van der Waals surface area contributed by atoms with Crippen LogP contribution in [-0.2, 0) is 12.8 Å². The van der Waals surface area contributed by atoms with Crippen LogP contribution in [0.5, 0.6) is 5.75 Å². The molecule has 1 aliphatic rings. The molecule has 1 aromatic carbocycles. The molecule has 0 unspecified atom stereocenters. The number of rotatable bonds is 1. The number of fused-ring (bicyclic) bond motifs is 2. The summed E-state index contributed by atoms with van der Waals surface area (Å²) in [6.45, 7) is 0. The van der Waals surface area contributed by atoms with Gasteiger partial charge in [-0.25, -0.2) is 0 Å². The lowest BCUT2D eigenvalue weighted by Gasteiger charge is -2.15. The topological polar surface area (TPSA) is 48.1 Å². The van der Waals surface area contributed by atoms with Crippen LogP contribution in [0.1, 0.15) is 30.5 Å². The number of benzene rings is 1. The number of aromatic nitrogens is 1. The van der Waals surface area contributed by atoms with Crippen molar-refractivity contribution in [1.82, 2.24) is 4.98 Å². The Labute approximate surface area is 117 Å². The van der Waals surface area contributed by atoms with Crippen LogP contribution in [0.25, 0.3) is 10.9 Å². The molecule has 19 heavy (non-hydrogen) atoms. The highest BCUT2D eigenvalue weighted by molar-refractivity contribution is 6.35. The number of methoxy groups -OCH3 is 1. The van der Waals surface area contributed by atoms with Gasteiger partial charge in [0, 0.05) is 11.4 Å². The van der Waals surface area contributed by atoms with Crippen molar-refractivity contribution in [3.05, 3.63) is 28.4 Å². The van der Waals surface area contributed by atoms with Crippen molar-refractivity contribution in [1.29, 1.82) is 0 Å². The highest BCUT2D eigenvalue weighted by Gasteiger charge is 2.19. The van der Waals surface area contributed by atoms with Crippen molar-refractivity contribution in [2.45, 2.75) is 32.1 Å². The molecule has 2 aromatic rings. The van der Waals surface area contributed by atoms with Gasteiger partial charge in [-0.2, -0.15) is 0 Å². The van der Waals surface area contributed by atoms with E-state index >= 15 is 0 Å². The van der Waals surface area contributed by atoms with Crippen molar-refractivity contribution in [2.24, 2.45) is 0 Å². The van der Waals surface area contributed by atoms with Crippen LogP contribution in [-0.4, -0.2) is 12.1 Å². The Balaban J connectivity index is 2.37. The molecule has 0 spiro atoms. The summed E-state index contributed by atoms with van der Waals surface area (Å²) in [5, 5.41) is 1.49. The quantitative estimate of drug-likeness (QED) is 0.807. The highest BCUT2D eigenvalue weighted by Crippen LogP contribution is 2.38. The Hall–Kier alpha value is -1.48. The molecule has 100 valence electrons. The number of nitrogens with two attached hydrogens (primary N) is 1. The van der Waals surface area contributed by atoms with Crippen LogP contribution in [0.4, 0.5) is 5.69 Å². The minimum Gasteiger partial charge on any atom is -0.496 e. The summed E-state index contributed by atoms with van der Waals surface area (Å²) in [5.41, 5.74) is 10.2. The Bertz CT molecular complexity index is 640. The van der Waals surface area contributed by atoms with Gasteiger partial charge in [0.25, 0.3) is 0 Å². The largest absolute Gasteiger partial charge is 0.496 e. The maximum atomic E-state index is 6.38. The average Bonchev–Trinajstić information content (AvgIpc) is 2.66. The van der Waals surface area contributed by atoms with Gasteiger partial charge in [0.1, 0.15) is 5.75 Å². The summed E-state index contributed by atoms with van der Waals surface area (Å²) >= 11 is 6.27. The van der Waals surface area contributed by atoms with Crippen molar-refractivity contribution in [3.8, 4) is 5.75 Å². The lowest BCUT2D eigenvalue weighted by Crippen LogP contribution is -2.04. The molecule has 0 bridgehead atoms. The van der Waals surface area contributed by atoms with Gasteiger partial charge in [-0.05, 0) is 43.4 Å². The van der Waals surface area contributed by atoms with Gasteiger partial charge in [-0.1, -0.05) is 18.0 Å². The summed E-state index contributed by atoms with van der Waals surface area (Å²) in [5.74, 6) is 0.747. The van der Waals surface area contributed by atoms with Gasteiger partial charge in [0.05, 0.1) is 23.0 Å². The lowest BCUT2D eigenvalue weighted by atomic mass is 10.0. The fourth-order valence-corrected chi connectivity index (χ4v) is 3.05. The predicted octanol–water partition coefficient (Wildman–Crippen LogP) is 3.75. The van der Waals surface area contributed by atoms with E-state index in [9.17, 15) is 0 Å². The number of ether oxygens (including phenoxy) is 1. The van der Waals surface area contributed by atoms with Crippen LogP contribution >= 0.6 is 11.6 Å². The van der Waals surface area contributed by atoms with Gasteiger partial charge in [-0.15, -0.1) is 0 Å². The summed E-state index contributed by atoms with van der Waals surface area (Å²) < 4.78 is 5.41. The highest BCUT2D eigenvalue weighted by atomic mass is 35.5. The zero-order chi connectivity index (χ0) is 13.4. The normalized spacial score (nSPS) is 15.1. The van der Waals surface area contributed by atoms with Gasteiger partial charge in [-0.3, -0.25) is 4.98 Å². The fourth-order valence-electron chi connectivity index (χ4n) is 2.85. The molecule has 0 radical (unpaired) electrons. The first-order chi connectivity index (χ1) is 9.22. The summed E-state index contributed by atoms with van der Waals surface area (Å²) in [6, 6.07) is 3.67. The van der Waals surface area contributed by atoms with E-state index in [0.717, 1.165) is 40.9 Å². The summed E-state index contributed by atoms with van der Waals surface area (Å²) in [6.07, 6.45) is 5.57. The molecule has 1 aromatic heterocycles. The van der Waals surface area contributed by atoms with E-state index in [2.05, 4.69) is 0 Å². The molecule has 1 aliphatic carbocycles. The minimum atomic E-state index is 0.634. The lowest BCUT2D eigenvalue weighted by molar-refractivity contribution is 0.420. The summed E-state index contributed by atoms with van der Waals surface area (Å²) in [4.78, 5) is 4.75. The van der Waals surface area contributed by atoms with Gasteiger partial charge in [0.15, 0.2) is 0 Å². The van der Waals surface area contributed by atoms with Crippen LogP contribution in [0, 0.1) is 0 Å². The number of hydrogen-bond acceptors (Lipinski definition) is 3. The molecule has 3 rings (SSSR count). The molecule has 0 saturated carbocycles. The van der Waals surface area contributed by atoms with Gasteiger partial charge in [0.2, 0.25) is 0 Å². The second kappa shape index (κ2) is 4.89. The molecule has 0 atom stereocenters. The van der Waals surface area contributed by atoms with Gasteiger partial charge >= 0.3 is 0 Å². The molecule has 0 aliphatic heterocycles. The zero-order valence-electron chi connectivity index (χ0n) is 11.0. The third-order valence-electron chi connectivity index (χ3n) is 3.84. The molecule has 0 amide bonds. The van der Waals surface area contributed by atoms with Crippen LogP contribution < -0.4 is 10.5 Å². The predicted molar refractivity (Wildman–Crippen MR) is 79.0 cm³/mol. The van der Waals surface area contributed by atoms with E-state index in [0.29, 0.717) is 5.02 Å².